The normalized spacial score (nSPS) is 12.0. The minimum atomic E-state index is -4.02. The molecule has 0 atom stereocenters. The molecule has 0 bridgehead atoms. The van der Waals surface area contributed by atoms with E-state index in [0.29, 0.717) is 11.6 Å². The molecule has 0 radical (unpaired) electrons. The van der Waals surface area contributed by atoms with Crippen molar-refractivity contribution < 1.29 is 12.8 Å². The van der Waals surface area contributed by atoms with Crippen molar-refractivity contribution in [1.29, 1.82) is 0 Å². The molecule has 114 valence electrons. The monoisotopic (exact) mass is 313 g/mol. The van der Waals surface area contributed by atoms with E-state index in [1.807, 2.05) is 0 Å². The summed E-state index contributed by atoms with van der Waals surface area (Å²) in [6.45, 7) is 3.09. The summed E-state index contributed by atoms with van der Waals surface area (Å²) >= 11 is 0. The maximum atomic E-state index is 14.1. The molecule has 0 fully saturated rings. The van der Waals surface area contributed by atoms with Crippen LogP contribution in [-0.4, -0.2) is 35.0 Å². The van der Waals surface area contributed by atoms with Crippen LogP contribution in [0.4, 0.5) is 10.1 Å². The summed E-state index contributed by atoms with van der Waals surface area (Å²) in [4.78, 5) is 3.57. The number of anilines is 1. The molecule has 0 unspecified atom stereocenters. The number of halogens is 1. The van der Waals surface area contributed by atoms with Crippen LogP contribution in [0.3, 0.4) is 0 Å². The van der Waals surface area contributed by atoms with E-state index in [1.54, 1.807) is 6.92 Å². The van der Waals surface area contributed by atoms with Gasteiger partial charge in [-0.3, -0.25) is 5.10 Å². The Morgan fingerprint density at radius 3 is 2.62 bits per heavy atom. The van der Waals surface area contributed by atoms with E-state index in [4.69, 9.17) is 5.73 Å². The summed E-state index contributed by atoms with van der Waals surface area (Å²) in [6, 6.07) is 2.49. The van der Waals surface area contributed by atoms with Crippen molar-refractivity contribution in [3.63, 3.8) is 0 Å². The summed E-state index contributed by atoms with van der Waals surface area (Å²) in [5.41, 5.74) is 5.97. The van der Waals surface area contributed by atoms with Gasteiger partial charge in [0.05, 0.1) is 6.54 Å². The van der Waals surface area contributed by atoms with E-state index >= 15 is 0 Å². The van der Waals surface area contributed by atoms with Gasteiger partial charge in [0.2, 0.25) is 10.0 Å². The Labute approximate surface area is 122 Å². The lowest BCUT2D eigenvalue weighted by molar-refractivity contribution is 0.450. The molecule has 0 amide bonds. The number of hydrogen-bond acceptors (Lipinski definition) is 5. The lowest BCUT2D eigenvalue weighted by Crippen LogP contribution is -2.28. The molecule has 0 aliphatic rings. The highest BCUT2D eigenvalue weighted by molar-refractivity contribution is 7.89. The lowest BCUT2D eigenvalue weighted by atomic mass is 10.2. The summed E-state index contributed by atoms with van der Waals surface area (Å²) in [7, 11) is -2.69. The molecule has 21 heavy (non-hydrogen) atoms. The van der Waals surface area contributed by atoms with Gasteiger partial charge in [0.1, 0.15) is 16.5 Å². The Morgan fingerprint density at radius 2 is 2.05 bits per heavy atom. The second-order valence-corrected chi connectivity index (χ2v) is 6.76. The molecule has 1 aromatic carbocycles. The van der Waals surface area contributed by atoms with E-state index in [2.05, 4.69) is 15.2 Å². The zero-order chi connectivity index (χ0) is 15.8. The number of rotatable bonds is 4. The highest BCUT2D eigenvalue weighted by Crippen LogP contribution is 2.24. The largest absolute Gasteiger partial charge is 0.399 e. The van der Waals surface area contributed by atoms with Crippen molar-refractivity contribution >= 4 is 15.7 Å². The lowest BCUT2D eigenvalue weighted by Gasteiger charge is -2.17. The van der Waals surface area contributed by atoms with Gasteiger partial charge in [-0.05, 0) is 31.5 Å². The van der Waals surface area contributed by atoms with Crippen molar-refractivity contribution in [3.05, 3.63) is 35.2 Å². The SMILES string of the molecule is Cc1nc(CN(C)S(=O)(=O)c2cc(N)cc(C)c2F)n[nH]1. The molecular formula is C12H16FN5O2S. The van der Waals surface area contributed by atoms with E-state index in [9.17, 15) is 12.8 Å². The minimum Gasteiger partial charge on any atom is -0.399 e. The van der Waals surface area contributed by atoms with E-state index < -0.39 is 20.7 Å². The van der Waals surface area contributed by atoms with Crippen LogP contribution < -0.4 is 5.73 Å². The Balaban J connectivity index is 2.37. The van der Waals surface area contributed by atoms with Crippen LogP contribution in [0, 0.1) is 19.7 Å². The standard InChI is InChI=1S/C12H16FN5O2S/c1-7-4-9(14)5-10(12(7)13)21(19,20)18(3)6-11-15-8(2)16-17-11/h4-5H,6,14H2,1-3H3,(H,15,16,17). The number of aromatic amines is 1. The first-order valence-corrected chi connectivity index (χ1v) is 7.55. The second-order valence-electron chi connectivity index (χ2n) is 4.75. The molecule has 0 saturated carbocycles. The molecule has 2 aromatic rings. The number of nitrogens with two attached hydrogens (primary N) is 1. The molecule has 0 saturated heterocycles. The topological polar surface area (TPSA) is 105 Å². The fourth-order valence-electron chi connectivity index (χ4n) is 1.86. The summed E-state index contributed by atoms with van der Waals surface area (Å²) in [6.07, 6.45) is 0. The molecule has 3 N–H and O–H groups in total. The summed E-state index contributed by atoms with van der Waals surface area (Å²) in [5, 5.41) is 6.48. The molecule has 9 heteroatoms. The quantitative estimate of drug-likeness (QED) is 0.818. The predicted molar refractivity (Wildman–Crippen MR) is 75.3 cm³/mol. The number of H-pyrrole nitrogens is 1. The Kier molecular flexibility index (Phi) is 3.97. The average molecular weight is 313 g/mol. The van der Waals surface area contributed by atoms with E-state index in [-0.39, 0.29) is 17.8 Å². The average Bonchev–Trinajstić information content (AvgIpc) is 2.79. The van der Waals surface area contributed by atoms with Crippen LogP contribution in [-0.2, 0) is 16.6 Å². The van der Waals surface area contributed by atoms with Gasteiger partial charge in [0.25, 0.3) is 0 Å². The third kappa shape index (κ3) is 3.03. The molecular weight excluding hydrogens is 297 g/mol. The highest BCUT2D eigenvalue weighted by atomic mass is 32.2. The first kappa shape index (κ1) is 15.4. The molecule has 7 nitrogen and oxygen atoms in total. The molecule has 2 rings (SSSR count). The van der Waals surface area contributed by atoms with Gasteiger partial charge in [-0.15, -0.1) is 0 Å². The van der Waals surface area contributed by atoms with Gasteiger partial charge < -0.3 is 5.73 Å². The zero-order valence-corrected chi connectivity index (χ0v) is 12.7. The third-order valence-electron chi connectivity index (χ3n) is 2.94. The molecule has 1 aromatic heterocycles. The number of sulfonamides is 1. The minimum absolute atomic E-state index is 0.0695. The fourth-order valence-corrected chi connectivity index (χ4v) is 3.16. The number of nitrogen functional groups attached to an aromatic ring is 1. The predicted octanol–water partition coefficient (Wildman–Crippen LogP) is 0.964. The Hall–Kier alpha value is -2.00. The van der Waals surface area contributed by atoms with Crippen molar-refractivity contribution in [3.8, 4) is 0 Å². The summed E-state index contributed by atoms with van der Waals surface area (Å²) in [5.74, 6) is 0.0728. The molecule has 0 aliphatic heterocycles. The van der Waals surface area contributed by atoms with Crippen LogP contribution in [0.5, 0.6) is 0 Å². The summed E-state index contributed by atoms with van der Waals surface area (Å²) < 4.78 is 39.9. The number of nitrogens with zero attached hydrogens (tertiary/aromatic N) is 3. The maximum Gasteiger partial charge on any atom is 0.246 e. The smallest absolute Gasteiger partial charge is 0.246 e. The number of benzene rings is 1. The van der Waals surface area contributed by atoms with Crippen LogP contribution >= 0.6 is 0 Å². The van der Waals surface area contributed by atoms with Crippen LogP contribution in [0.2, 0.25) is 0 Å². The van der Waals surface area contributed by atoms with Gasteiger partial charge in [0, 0.05) is 12.7 Å². The number of aryl methyl sites for hydroxylation is 2. The zero-order valence-electron chi connectivity index (χ0n) is 11.9. The Bertz CT molecular complexity index is 772. The second kappa shape index (κ2) is 5.41. The van der Waals surface area contributed by atoms with Gasteiger partial charge >= 0.3 is 0 Å². The van der Waals surface area contributed by atoms with Crippen molar-refractivity contribution in [1.82, 2.24) is 19.5 Å². The molecule has 0 aliphatic carbocycles. The Morgan fingerprint density at radius 1 is 1.38 bits per heavy atom. The fraction of sp³-hybridized carbons (Fsp3) is 0.333. The first-order valence-electron chi connectivity index (χ1n) is 6.11. The maximum absolute atomic E-state index is 14.1. The molecule has 0 spiro atoms. The molecule has 1 heterocycles. The van der Waals surface area contributed by atoms with Gasteiger partial charge in [-0.1, -0.05) is 0 Å². The highest BCUT2D eigenvalue weighted by Gasteiger charge is 2.27. The first-order chi connectivity index (χ1) is 9.71. The number of aromatic nitrogens is 3. The van der Waals surface area contributed by atoms with Gasteiger partial charge in [-0.25, -0.2) is 17.8 Å². The van der Waals surface area contributed by atoms with Gasteiger partial charge in [0.15, 0.2) is 5.82 Å². The van der Waals surface area contributed by atoms with E-state index in [0.717, 1.165) is 10.4 Å². The van der Waals surface area contributed by atoms with Crippen LogP contribution in [0.15, 0.2) is 17.0 Å². The van der Waals surface area contributed by atoms with Crippen molar-refractivity contribution in [2.75, 3.05) is 12.8 Å². The number of hydrogen-bond donors (Lipinski definition) is 2. The third-order valence-corrected chi connectivity index (χ3v) is 4.74. The van der Waals surface area contributed by atoms with Crippen LogP contribution in [0.25, 0.3) is 0 Å². The van der Waals surface area contributed by atoms with Crippen molar-refractivity contribution in [2.45, 2.75) is 25.3 Å². The number of nitrogens with one attached hydrogen (secondary N) is 1. The van der Waals surface area contributed by atoms with Gasteiger partial charge in [-0.2, -0.15) is 9.40 Å². The van der Waals surface area contributed by atoms with Crippen LogP contribution in [0.1, 0.15) is 17.2 Å². The van der Waals surface area contributed by atoms with Crippen molar-refractivity contribution in [2.24, 2.45) is 0 Å². The van der Waals surface area contributed by atoms with E-state index in [1.165, 1.54) is 20.0 Å².